The van der Waals surface area contributed by atoms with E-state index in [0.717, 1.165) is 16.8 Å². The number of carbonyl (C=O) groups excluding carboxylic acids is 7. The van der Waals surface area contributed by atoms with Gasteiger partial charge in [0.05, 0.1) is 38.1 Å². The topological polar surface area (TPSA) is 225 Å². The third-order valence-corrected chi connectivity index (χ3v) is 11.5. The van der Waals surface area contributed by atoms with Crippen LogP contribution in [-0.4, -0.2) is 80.5 Å². The Hall–Kier alpha value is -7.43. The minimum atomic E-state index is -1.18. The van der Waals surface area contributed by atoms with Crippen molar-refractivity contribution in [2.45, 2.75) is 96.6 Å². The lowest BCUT2D eigenvalue weighted by molar-refractivity contribution is -0.141. The van der Waals surface area contributed by atoms with Crippen LogP contribution in [0.3, 0.4) is 0 Å². The summed E-state index contributed by atoms with van der Waals surface area (Å²) in [5.74, 6) is -2.25. The molecule has 0 spiro atoms. The molecule has 6 amide bonds. The number of methoxy groups -OCH3 is 2. The van der Waals surface area contributed by atoms with E-state index in [1.807, 2.05) is 68.4 Å². The molecule has 0 radical (unpaired) electrons. The highest BCUT2D eigenvalue weighted by molar-refractivity contribution is 6.14. The summed E-state index contributed by atoms with van der Waals surface area (Å²) in [5.41, 5.74) is 9.59. The Bertz CT molecular complexity index is 2430. The monoisotopic (exact) mass is 918 g/mol. The van der Waals surface area contributed by atoms with Gasteiger partial charge in [-0.25, -0.2) is 4.79 Å². The van der Waals surface area contributed by atoms with Crippen LogP contribution in [0.25, 0.3) is 0 Å². The van der Waals surface area contributed by atoms with Crippen LogP contribution in [0, 0.1) is 5.92 Å². The van der Waals surface area contributed by atoms with E-state index in [1.165, 1.54) is 19.1 Å². The number of nitrogens with one attached hydrogen (secondary N) is 3. The minimum absolute atomic E-state index is 0.00710. The van der Waals surface area contributed by atoms with Gasteiger partial charge < -0.3 is 45.5 Å². The maximum Gasteiger partial charge on any atom is 0.414 e. The lowest BCUT2D eigenvalue weighted by Crippen LogP contribution is -2.53. The standard InChI is InChI=1S/C50H58N6O11/c1-31(2)24-39(53-45(58)16-10-11-17-46(59)65-4)48(61)54-38(22-23-44(51)57)47(60)52-35-20-18-33(19-21-35)30-67-50(63)55-28-36-25-34-14-8-9-15-40(34)56(36)49(62)37-26-42(64-3)43(27-41(37)55)66-29-32-12-6-5-7-13-32/h5-9,12-15,18-21,26-27,31,36,38-39H,10-11,16-17,22-25,28-30H2,1-4H3,(H2,51,57)(H,52,60)(H,53,58)(H,54,61)/t36-,38-,39-/m0/s1. The second-order valence-electron chi connectivity index (χ2n) is 16.9. The maximum absolute atomic E-state index is 14.4. The van der Waals surface area contributed by atoms with Crippen LogP contribution in [0.2, 0.25) is 0 Å². The molecule has 17 nitrogen and oxygen atoms in total. The van der Waals surface area contributed by atoms with E-state index in [0.29, 0.717) is 47.7 Å². The SMILES string of the molecule is COC(=O)CCCCC(=O)N[C@@H](CC(C)C)C(=O)N[C@@H](CCC(N)=O)C(=O)Nc1ccc(COC(=O)N2C[C@@H]3Cc4ccccc4N3C(=O)c3cc(OC)c(OCc4ccccc4)cc32)cc1. The van der Waals surface area contributed by atoms with E-state index in [1.54, 1.807) is 41.3 Å². The van der Waals surface area contributed by atoms with E-state index in [2.05, 4.69) is 20.7 Å². The number of esters is 1. The number of para-hydroxylation sites is 1. The number of fused-ring (bicyclic) bond motifs is 4. The third kappa shape index (κ3) is 13.1. The second kappa shape index (κ2) is 23.2. The number of nitrogens with zero attached hydrogens (tertiary/aromatic N) is 2. The number of rotatable bonds is 21. The number of nitrogens with two attached hydrogens (primary N) is 1. The molecular weight excluding hydrogens is 861 g/mol. The van der Waals surface area contributed by atoms with E-state index >= 15 is 0 Å². The summed E-state index contributed by atoms with van der Waals surface area (Å²) in [6.07, 6.45) is 0.943. The fourth-order valence-corrected chi connectivity index (χ4v) is 8.04. The molecule has 0 fully saturated rings. The average Bonchev–Trinajstić information content (AvgIpc) is 3.64. The molecule has 0 saturated heterocycles. The zero-order chi connectivity index (χ0) is 48.0. The molecule has 354 valence electrons. The van der Waals surface area contributed by atoms with Gasteiger partial charge in [0.2, 0.25) is 23.6 Å². The van der Waals surface area contributed by atoms with Crippen molar-refractivity contribution in [2.75, 3.05) is 35.9 Å². The van der Waals surface area contributed by atoms with Crippen LogP contribution in [0.4, 0.5) is 21.9 Å². The molecular formula is C50H58N6O11. The van der Waals surface area contributed by atoms with Crippen LogP contribution in [-0.2, 0) is 53.1 Å². The zero-order valence-corrected chi connectivity index (χ0v) is 38.2. The Kier molecular flexibility index (Phi) is 16.9. The molecule has 2 aliphatic heterocycles. The summed E-state index contributed by atoms with van der Waals surface area (Å²) in [4.78, 5) is 94.9. The Morgan fingerprint density at radius 3 is 2.16 bits per heavy atom. The summed E-state index contributed by atoms with van der Waals surface area (Å²) in [5, 5.41) is 8.19. The van der Waals surface area contributed by atoms with Crippen molar-refractivity contribution in [1.82, 2.24) is 10.6 Å². The summed E-state index contributed by atoms with van der Waals surface area (Å²) in [7, 11) is 2.78. The first-order chi connectivity index (χ1) is 32.2. The highest BCUT2D eigenvalue weighted by Crippen LogP contribution is 2.43. The van der Waals surface area contributed by atoms with Crippen LogP contribution in [0.5, 0.6) is 11.5 Å². The van der Waals surface area contributed by atoms with E-state index in [9.17, 15) is 33.6 Å². The van der Waals surface area contributed by atoms with Gasteiger partial charge in [0.15, 0.2) is 11.5 Å². The van der Waals surface area contributed by atoms with Crippen LogP contribution < -0.4 is 41.0 Å². The van der Waals surface area contributed by atoms with Crippen molar-refractivity contribution in [1.29, 1.82) is 0 Å². The first-order valence-electron chi connectivity index (χ1n) is 22.3. The summed E-state index contributed by atoms with van der Waals surface area (Å²) in [6.45, 7) is 3.98. The van der Waals surface area contributed by atoms with Gasteiger partial charge in [-0.2, -0.15) is 0 Å². The normalized spacial score (nSPS) is 14.6. The number of benzene rings is 4. The highest BCUT2D eigenvalue weighted by atomic mass is 16.6. The van der Waals surface area contributed by atoms with Gasteiger partial charge in [-0.15, -0.1) is 0 Å². The van der Waals surface area contributed by atoms with Gasteiger partial charge in [-0.05, 0) is 79.0 Å². The molecule has 0 bridgehead atoms. The van der Waals surface area contributed by atoms with Crippen LogP contribution >= 0.6 is 0 Å². The predicted molar refractivity (Wildman–Crippen MR) is 249 cm³/mol. The van der Waals surface area contributed by atoms with Crippen LogP contribution in [0.15, 0.2) is 91.0 Å². The minimum Gasteiger partial charge on any atom is -0.493 e. The van der Waals surface area contributed by atoms with Gasteiger partial charge >= 0.3 is 12.1 Å². The molecule has 67 heavy (non-hydrogen) atoms. The quantitative estimate of drug-likeness (QED) is 0.0564. The molecule has 0 unspecified atom stereocenters. The van der Waals surface area contributed by atoms with Gasteiger partial charge in [0, 0.05) is 36.7 Å². The number of hydrogen-bond acceptors (Lipinski definition) is 11. The molecule has 2 heterocycles. The largest absolute Gasteiger partial charge is 0.493 e. The molecule has 2 aliphatic rings. The van der Waals surface area contributed by atoms with Crippen LogP contribution in [0.1, 0.15) is 85.8 Å². The molecule has 4 aromatic rings. The Morgan fingerprint density at radius 2 is 1.46 bits per heavy atom. The first kappa shape index (κ1) is 49.0. The second-order valence-corrected chi connectivity index (χ2v) is 16.9. The number of carbonyl (C=O) groups is 7. The highest BCUT2D eigenvalue weighted by Gasteiger charge is 2.42. The number of ether oxygens (including phenoxy) is 4. The molecule has 5 N–H and O–H groups in total. The molecule has 4 aromatic carbocycles. The van der Waals surface area contributed by atoms with Crippen molar-refractivity contribution in [3.8, 4) is 11.5 Å². The fourth-order valence-electron chi connectivity index (χ4n) is 8.04. The fraction of sp³-hybridized carbons (Fsp3) is 0.380. The summed E-state index contributed by atoms with van der Waals surface area (Å²) < 4.78 is 22.4. The molecule has 0 aromatic heterocycles. The molecule has 17 heteroatoms. The molecule has 6 rings (SSSR count). The molecule has 3 atom stereocenters. The van der Waals surface area contributed by atoms with Crippen molar-refractivity contribution < 1.29 is 52.5 Å². The van der Waals surface area contributed by atoms with Crippen molar-refractivity contribution >= 4 is 58.7 Å². The maximum atomic E-state index is 14.4. The van der Waals surface area contributed by atoms with Gasteiger partial charge in [0.25, 0.3) is 5.91 Å². The lowest BCUT2D eigenvalue weighted by Gasteiger charge is -2.26. The van der Waals surface area contributed by atoms with Crippen molar-refractivity contribution in [3.63, 3.8) is 0 Å². The Morgan fingerprint density at radius 1 is 0.761 bits per heavy atom. The number of amides is 6. The van der Waals surface area contributed by atoms with E-state index in [-0.39, 0.29) is 87.2 Å². The smallest absolute Gasteiger partial charge is 0.414 e. The van der Waals surface area contributed by atoms with Gasteiger partial charge in [0.1, 0.15) is 25.3 Å². The Labute approximate surface area is 389 Å². The summed E-state index contributed by atoms with van der Waals surface area (Å²) >= 11 is 0. The van der Waals surface area contributed by atoms with Crippen molar-refractivity contribution in [3.05, 3.63) is 113 Å². The van der Waals surface area contributed by atoms with E-state index in [4.69, 9.17) is 19.9 Å². The number of hydrogen-bond donors (Lipinski definition) is 4. The molecule has 0 aliphatic carbocycles. The lowest BCUT2D eigenvalue weighted by atomic mass is 10.0. The third-order valence-electron chi connectivity index (χ3n) is 11.5. The number of anilines is 3. The van der Waals surface area contributed by atoms with Gasteiger partial charge in [-0.3, -0.25) is 33.7 Å². The van der Waals surface area contributed by atoms with Crippen molar-refractivity contribution in [2.24, 2.45) is 11.7 Å². The van der Waals surface area contributed by atoms with Gasteiger partial charge in [-0.1, -0.05) is 74.5 Å². The zero-order valence-electron chi connectivity index (χ0n) is 38.2. The Balaban J connectivity index is 1.13. The number of unbranched alkanes of at least 4 members (excludes halogenated alkanes) is 1. The average molecular weight is 919 g/mol. The predicted octanol–water partition coefficient (Wildman–Crippen LogP) is 5.96. The number of primary amides is 1. The first-order valence-corrected chi connectivity index (χ1v) is 22.3. The van der Waals surface area contributed by atoms with E-state index < -0.39 is 35.9 Å². The summed E-state index contributed by atoms with van der Waals surface area (Å²) in [6, 6.07) is 24.5. The molecule has 0 saturated carbocycles.